The van der Waals surface area contributed by atoms with E-state index in [1.807, 2.05) is 19.1 Å². The first-order chi connectivity index (χ1) is 9.10. The molecule has 0 aromatic carbocycles. The average molecular weight is 260 g/mol. The van der Waals surface area contributed by atoms with Gasteiger partial charge >= 0.3 is 0 Å². The van der Waals surface area contributed by atoms with Crippen LogP contribution < -0.4 is 4.90 Å². The van der Waals surface area contributed by atoms with Gasteiger partial charge in [0, 0.05) is 32.2 Å². The van der Waals surface area contributed by atoms with Crippen LogP contribution in [0.5, 0.6) is 0 Å². The minimum absolute atomic E-state index is 0.282. The number of nitrogens with zero attached hydrogens (tertiary/aromatic N) is 4. The molecule has 5 nitrogen and oxygen atoms in total. The summed E-state index contributed by atoms with van der Waals surface area (Å²) >= 11 is 0. The number of rotatable bonds is 3. The summed E-state index contributed by atoms with van der Waals surface area (Å²) in [5.41, 5.74) is 1.51. The zero-order valence-electron chi connectivity index (χ0n) is 11.5. The van der Waals surface area contributed by atoms with Gasteiger partial charge in [0.2, 0.25) is 0 Å². The van der Waals surface area contributed by atoms with Gasteiger partial charge in [0.1, 0.15) is 11.8 Å². The van der Waals surface area contributed by atoms with Gasteiger partial charge in [-0.2, -0.15) is 5.26 Å². The monoisotopic (exact) mass is 260 g/mol. The summed E-state index contributed by atoms with van der Waals surface area (Å²) in [4.78, 5) is 8.70. The van der Waals surface area contributed by atoms with E-state index in [1.54, 1.807) is 12.3 Å². The minimum Gasteiger partial charge on any atom is -0.392 e. The van der Waals surface area contributed by atoms with E-state index >= 15 is 0 Å². The second-order valence-electron chi connectivity index (χ2n) is 5.16. The van der Waals surface area contributed by atoms with E-state index in [1.165, 1.54) is 0 Å². The number of piperazine rings is 1. The molecule has 1 N–H and O–H groups in total. The van der Waals surface area contributed by atoms with Gasteiger partial charge in [-0.1, -0.05) is 0 Å². The third kappa shape index (κ3) is 3.43. The topological polar surface area (TPSA) is 63.4 Å². The van der Waals surface area contributed by atoms with Gasteiger partial charge < -0.3 is 10.0 Å². The Morgan fingerprint density at radius 1 is 1.53 bits per heavy atom. The van der Waals surface area contributed by atoms with Crippen LogP contribution in [0.25, 0.3) is 0 Å². The van der Waals surface area contributed by atoms with Crippen LogP contribution in [0.3, 0.4) is 0 Å². The first-order valence-corrected chi connectivity index (χ1v) is 6.63. The van der Waals surface area contributed by atoms with Crippen LogP contribution in [-0.2, 0) is 0 Å². The van der Waals surface area contributed by atoms with Crippen LogP contribution in [-0.4, -0.2) is 53.3 Å². The maximum absolute atomic E-state index is 9.44. The van der Waals surface area contributed by atoms with Gasteiger partial charge in [0.05, 0.1) is 18.0 Å². The standard InChI is InChI=1S/C14H20N4O/c1-11-9-17(10-12(2)19)5-6-18(11)14-4-3-13(7-15)16-8-14/h3-4,8,11-12,19H,5-6,9-10H2,1-2H3/t11-,12+/m1/s1. The van der Waals surface area contributed by atoms with Crippen LogP contribution in [0.2, 0.25) is 0 Å². The van der Waals surface area contributed by atoms with Crippen LogP contribution in [0, 0.1) is 11.3 Å². The number of aromatic nitrogens is 1. The predicted molar refractivity (Wildman–Crippen MR) is 73.9 cm³/mol. The predicted octanol–water partition coefficient (Wildman–Crippen LogP) is 0.845. The highest BCUT2D eigenvalue weighted by molar-refractivity contribution is 5.47. The van der Waals surface area contributed by atoms with Gasteiger partial charge in [-0.3, -0.25) is 4.90 Å². The third-order valence-corrected chi connectivity index (χ3v) is 3.43. The molecule has 2 atom stereocenters. The molecular formula is C14H20N4O. The van der Waals surface area contributed by atoms with Crippen molar-refractivity contribution in [2.75, 3.05) is 31.1 Å². The molecule has 102 valence electrons. The number of anilines is 1. The zero-order valence-corrected chi connectivity index (χ0v) is 11.5. The highest BCUT2D eigenvalue weighted by Crippen LogP contribution is 2.19. The molecular weight excluding hydrogens is 240 g/mol. The molecule has 1 saturated heterocycles. The normalized spacial score (nSPS) is 22.0. The Hall–Kier alpha value is -1.64. The Balaban J connectivity index is 2.01. The number of hydrogen-bond acceptors (Lipinski definition) is 5. The van der Waals surface area contributed by atoms with Crippen molar-refractivity contribution in [2.45, 2.75) is 26.0 Å². The van der Waals surface area contributed by atoms with Crippen molar-refractivity contribution in [3.05, 3.63) is 24.0 Å². The first kappa shape index (κ1) is 13.8. The summed E-state index contributed by atoms with van der Waals surface area (Å²) in [6.07, 6.45) is 1.48. The summed E-state index contributed by atoms with van der Waals surface area (Å²) in [5, 5.41) is 18.2. The molecule has 0 bridgehead atoms. The Morgan fingerprint density at radius 2 is 2.32 bits per heavy atom. The Bertz CT molecular complexity index is 452. The number of aliphatic hydroxyl groups is 1. The van der Waals surface area contributed by atoms with Crippen molar-refractivity contribution < 1.29 is 5.11 Å². The molecule has 19 heavy (non-hydrogen) atoms. The molecule has 2 rings (SSSR count). The molecule has 0 spiro atoms. The maximum Gasteiger partial charge on any atom is 0.140 e. The molecule has 0 radical (unpaired) electrons. The van der Waals surface area contributed by atoms with E-state index in [0.717, 1.165) is 31.9 Å². The van der Waals surface area contributed by atoms with Crippen LogP contribution in [0.15, 0.2) is 18.3 Å². The van der Waals surface area contributed by atoms with Crippen molar-refractivity contribution in [2.24, 2.45) is 0 Å². The zero-order chi connectivity index (χ0) is 13.8. The summed E-state index contributed by atoms with van der Waals surface area (Å²) in [7, 11) is 0. The third-order valence-electron chi connectivity index (χ3n) is 3.43. The van der Waals surface area contributed by atoms with E-state index in [2.05, 4.69) is 21.7 Å². The first-order valence-electron chi connectivity index (χ1n) is 6.63. The number of nitriles is 1. The molecule has 1 aromatic heterocycles. The lowest BCUT2D eigenvalue weighted by molar-refractivity contribution is 0.115. The Kier molecular flexibility index (Phi) is 4.35. The van der Waals surface area contributed by atoms with Crippen LogP contribution in [0.1, 0.15) is 19.5 Å². The molecule has 0 unspecified atom stereocenters. The quantitative estimate of drug-likeness (QED) is 0.872. The number of aliphatic hydroxyl groups excluding tert-OH is 1. The molecule has 0 amide bonds. The van der Waals surface area contributed by atoms with E-state index in [4.69, 9.17) is 5.26 Å². The van der Waals surface area contributed by atoms with Gasteiger partial charge in [-0.15, -0.1) is 0 Å². The summed E-state index contributed by atoms with van der Waals surface area (Å²) in [6, 6.07) is 6.11. The minimum atomic E-state index is -0.282. The fraction of sp³-hybridized carbons (Fsp3) is 0.571. The van der Waals surface area contributed by atoms with Crippen molar-refractivity contribution in [3.63, 3.8) is 0 Å². The lowest BCUT2D eigenvalue weighted by atomic mass is 10.1. The van der Waals surface area contributed by atoms with Gasteiger partial charge in [-0.25, -0.2) is 4.98 Å². The van der Waals surface area contributed by atoms with E-state index < -0.39 is 0 Å². The molecule has 1 fully saturated rings. The molecule has 5 heteroatoms. The second kappa shape index (κ2) is 6.00. The molecule has 1 aliphatic heterocycles. The molecule has 2 heterocycles. The number of pyridine rings is 1. The van der Waals surface area contributed by atoms with Crippen LogP contribution in [0.4, 0.5) is 5.69 Å². The van der Waals surface area contributed by atoms with Gasteiger partial charge in [0.25, 0.3) is 0 Å². The summed E-state index contributed by atoms with van der Waals surface area (Å²) < 4.78 is 0. The molecule has 1 aliphatic rings. The fourth-order valence-corrected chi connectivity index (χ4v) is 2.58. The summed E-state index contributed by atoms with van der Waals surface area (Å²) in [6.45, 7) is 7.51. The summed E-state index contributed by atoms with van der Waals surface area (Å²) in [5.74, 6) is 0. The highest BCUT2D eigenvalue weighted by atomic mass is 16.3. The van der Waals surface area contributed by atoms with Gasteiger partial charge in [-0.05, 0) is 26.0 Å². The number of hydrogen-bond donors (Lipinski definition) is 1. The molecule has 0 saturated carbocycles. The van der Waals surface area contributed by atoms with Crippen molar-refractivity contribution in [1.29, 1.82) is 5.26 Å². The maximum atomic E-state index is 9.44. The SMILES string of the molecule is C[C@H](O)CN1CCN(c2ccc(C#N)nc2)[C@H](C)C1. The lowest BCUT2D eigenvalue weighted by Crippen LogP contribution is -2.53. The average Bonchev–Trinajstić information content (AvgIpc) is 2.38. The van der Waals surface area contributed by atoms with Crippen molar-refractivity contribution >= 4 is 5.69 Å². The highest BCUT2D eigenvalue weighted by Gasteiger charge is 2.24. The van der Waals surface area contributed by atoms with Gasteiger partial charge in [0.15, 0.2) is 0 Å². The Labute approximate surface area is 114 Å². The molecule has 0 aliphatic carbocycles. The smallest absolute Gasteiger partial charge is 0.140 e. The fourth-order valence-electron chi connectivity index (χ4n) is 2.58. The van der Waals surface area contributed by atoms with Crippen LogP contribution >= 0.6 is 0 Å². The second-order valence-corrected chi connectivity index (χ2v) is 5.16. The molecule has 1 aromatic rings. The lowest BCUT2D eigenvalue weighted by Gasteiger charge is -2.41. The number of β-amino-alcohol motifs (C(OH)–C–C–N with tert-alkyl or cyclic N) is 1. The van der Waals surface area contributed by atoms with E-state index in [9.17, 15) is 5.11 Å². The van der Waals surface area contributed by atoms with E-state index in [-0.39, 0.29) is 6.10 Å². The van der Waals surface area contributed by atoms with Crippen molar-refractivity contribution in [1.82, 2.24) is 9.88 Å². The Morgan fingerprint density at radius 3 is 2.84 bits per heavy atom. The van der Waals surface area contributed by atoms with E-state index in [0.29, 0.717) is 11.7 Å². The van der Waals surface area contributed by atoms with Crippen molar-refractivity contribution in [3.8, 4) is 6.07 Å². The largest absolute Gasteiger partial charge is 0.392 e.